The zero-order chi connectivity index (χ0) is 13.1. The minimum Gasteiger partial charge on any atom is -0.313 e. The maximum Gasteiger partial charge on any atom is 0.0497 e. The van der Waals surface area contributed by atoms with Gasteiger partial charge in [0.2, 0.25) is 0 Å². The van der Waals surface area contributed by atoms with Gasteiger partial charge in [0.1, 0.15) is 0 Å². The summed E-state index contributed by atoms with van der Waals surface area (Å²) in [6, 6.07) is 11.3. The van der Waals surface area contributed by atoms with Gasteiger partial charge in [-0.05, 0) is 43.2 Å². The van der Waals surface area contributed by atoms with E-state index < -0.39 is 0 Å². The van der Waals surface area contributed by atoms with E-state index in [1.54, 1.807) is 0 Å². The Balaban J connectivity index is 1.82. The van der Waals surface area contributed by atoms with Gasteiger partial charge < -0.3 is 5.32 Å². The summed E-state index contributed by atoms with van der Waals surface area (Å²) in [7, 11) is 0. The minimum absolute atomic E-state index is 0.609. The van der Waals surface area contributed by atoms with Gasteiger partial charge in [0.05, 0.1) is 0 Å². The Bertz CT molecular complexity index is 540. The van der Waals surface area contributed by atoms with E-state index in [-0.39, 0.29) is 0 Å². The van der Waals surface area contributed by atoms with Crippen molar-refractivity contribution in [2.75, 3.05) is 6.54 Å². The number of benzene rings is 1. The van der Waals surface area contributed by atoms with Gasteiger partial charge in [0, 0.05) is 29.7 Å². The molecule has 1 aliphatic rings. The van der Waals surface area contributed by atoms with Crippen LogP contribution in [0.4, 0.5) is 0 Å². The maximum absolute atomic E-state index is 4.62. The molecule has 1 atom stereocenters. The molecule has 100 valence electrons. The third-order valence-corrected chi connectivity index (χ3v) is 4.02. The summed E-state index contributed by atoms with van der Waals surface area (Å²) in [5.41, 5.74) is 1.25. The van der Waals surface area contributed by atoms with E-state index >= 15 is 0 Å². The predicted octanol–water partition coefficient (Wildman–Crippen LogP) is 3.56. The van der Waals surface area contributed by atoms with Crippen LogP contribution >= 0.6 is 0 Å². The second-order valence-corrected chi connectivity index (χ2v) is 5.58. The summed E-state index contributed by atoms with van der Waals surface area (Å²) >= 11 is 0. The number of hydrogen-bond donors (Lipinski definition) is 1. The second kappa shape index (κ2) is 5.70. The number of nitrogens with zero attached hydrogens (tertiary/aromatic N) is 1. The Morgan fingerprint density at radius 1 is 1.26 bits per heavy atom. The van der Waals surface area contributed by atoms with Crippen LogP contribution in [0.25, 0.3) is 10.8 Å². The van der Waals surface area contributed by atoms with Gasteiger partial charge in [-0.1, -0.05) is 31.2 Å². The second-order valence-electron chi connectivity index (χ2n) is 5.58. The molecule has 0 radical (unpaired) electrons. The molecule has 0 spiro atoms. The Hall–Kier alpha value is -1.41. The number of aromatic nitrogens is 1. The molecule has 19 heavy (non-hydrogen) atoms. The molecule has 1 aromatic carbocycles. The summed E-state index contributed by atoms with van der Waals surface area (Å²) in [6.07, 6.45) is 6.97. The van der Waals surface area contributed by atoms with Gasteiger partial charge in [-0.3, -0.25) is 4.98 Å². The zero-order valence-corrected chi connectivity index (χ0v) is 11.6. The first-order valence-corrected chi connectivity index (χ1v) is 7.44. The highest BCUT2D eigenvalue weighted by molar-refractivity contribution is 5.84. The van der Waals surface area contributed by atoms with E-state index in [2.05, 4.69) is 47.6 Å². The van der Waals surface area contributed by atoms with Crippen molar-refractivity contribution in [2.45, 2.75) is 38.6 Å². The number of fused-ring (bicyclic) bond motifs is 1. The molecule has 1 aromatic heterocycles. The van der Waals surface area contributed by atoms with Crippen LogP contribution in [0.5, 0.6) is 0 Å². The van der Waals surface area contributed by atoms with E-state index in [0.29, 0.717) is 6.04 Å². The molecule has 0 bridgehead atoms. The molecule has 2 aromatic rings. The third kappa shape index (κ3) is 2.95. The van der Waals surface area contributed by atoms with Crippen LogP contribution in [0, 0.1) is 5.92 Å². The van der Waals surface area contributed by atoms with Gasteiger partial charge in [0.25, 0.3) is 0 Å². The average Bonchev–Trinajstić information content (AvgIpc) is 3.28. The lowest BCUT2D eigenvalue weighted by atomic mass is 10.0. The van der Waals surface area contributed by atoms with Crippen LogP contribution in [0.1, 0.15) is 31.9 Å². The first-order chi connectivity index (χ1) is 9.38. The third-order valence-electron chi connectivity index (χ3n) is 4.02. The van der Waals surface area contributed by atoms with Crippen molar-refractivity contribution in [1.82, 2.24) is 10.3 Å². The van der Waals surface area contributed by atoms with Gasteiger partial charge >= 0.3 is 0 Å². The van der Waals surface area contributed by atoms with Crippen LogP contribution in [-0.4, -0.2) is 17.6 Å². The summed E-state index contributed by atoms with van der Waals surface area (Å²) in [6.45, 7) is 3.35. The van der Waals surface area contributed by atoms with Crippen molar-refractivity contribution in [3.8, 4) is 0 Å². The Morgan fingerprint density at radius 3 is 2.89 bits per heavy atom. The highest BCUT2D eigenvalue weighted by Crippen LogP contribution is 2.34. The monoisotopic (exact) mass is 254 g/mol. The molecular weight excluding hydrogens is 232 g/mol. The standard InChI is InChI=1S/C17H22N2/c1-2-10-18-16(14-7-8-14)12-17-15-6-4-3-5-13(15)9-11-19-17/h3-6,9,11,14,16,18H,2,7-8,10,12H2,1H3. The lowest BCUT2D eigenvalue weighted by Gasteiger charge is -2.18. The zero-order valence-electron chi connectivity index (χ0n) is 11.6. The fraction of sp³-hybridized carbons (Fsp3) is 0.471. The fourth-order valence-electron chi connectivity index (χ4n) is 2.79. The Labute approximate surface area is 115 Å². The topological polar surface area (TPSA) is 24.9 Å². The molecule has 1 N–H and O–H groups in total. The number of hydrogen-bond acceptors (Lipinski definition) is 2. The summed E-state index contributed by atoms with van der Waals surface area (Å²) in [5.74, 6) is 0.868. The van der Waals surface area contributed by atoms with E-state index in [0.717, 1.165) is 18.9 Å². The van der Waals surface area contributed by atoms with Crippen molar-refractivity contribution < 1.29 is 0 Å². The van der Waals surface area contributed by atoms with E-state index in [9.17, 15) is 0 Å². The normalized spacial score (nSPS) is 16.7. The molecule has 2 heteroatoms. The molecule has 1 saturated carbocycles. The molecule has 1 unspecified atom stereocenters. The Morgan fingerprint density at radius 2 is 2.11 bits per heavy atom. The number of rotatable bonds is 6. The van der Waals surface area contributed by atoms with Gasteiger partial charge in [-0.15, -0.1) is 0 Å². The first-order valence-electron chi connectivity index (χ1n) is 7.44. The van der Waals surface area contributed by atoms with Crippen LogP contribution in [0.3, 0.4) is 0 Å². The van der Waals surface area contributed by atoms with Crippen LogP contribution in [0.2, 0.25) is 0 Å². The van der Waals surface area contributed by atoms with Gasteiger partial charge in [-0.25, -0.2) is 0 Å². The van der Waals surface area contributed by atoms with Crippen molar-refractivity contribution in [3.05, 3.63) is 42.2 Å². The molecule has 0 aliphatic heterocycles. The van der Waals surface area contributed by atoms with E-state index in [1.807, 2.05) is 6.20 Å². The van der Waals surface area contributed by atoms with Crippen molar-refractivity contribution >= 4 is 10.8 Å². The molecule has 1 fully saturated rings. The maximum atomic E-state index is 4.62. The predicted molar refractivity (Wildman–Crippen MR) is 80.3 cm³/mol. The lowest BCUT2D eigenvalue weighted by Crippen LogP contribution is -2.34. The molecule has 0 amide bonds. The van der Waals surface area contributed by atoms with Crippen LogP contribution in [-0.2, 0) is 6.42 Å². The SMILES string of the molecule is CCCNC(Cc1nccc2ccccc12)C1CC1. The van der Waals surface area contributed by atoms with E-state index in [4.69, 9.17) is 0 Å². The van der Waals surface area contributed by atoms with Crippen LogP contribution in [0.15, 0.2) is 36.5 Å². The molecule has 1 heterocycles. The lowest BCUT2D eigenvalue weighted by molar-refractivity contribution is 0.457. The smallest absolute Gasteiger partial charge is 0.0497 e. The highest BCUT2D eigenvalue weighted by Gasteiger charge is 2.31. The molecule has 0 saturated heterocycles. The van der Waals surface area contributed by atoms with Crippen molar-refractivity contribution in [2.24, 2.45) is 5.92 Å². The highest BCUT2D eigenvalue weighted by atomic mass is 14.9. The molecule has 2 nitrogen and oxygen atoms in total. The van der Waals surface area contributed by atoms with Gasteiger partial charge in [-0.2, -0.15) is 0 Å². The largest absolute Gasteiger partial charge is 0.313 e. The first kappa shape index (κ1) is 12.6. The van der Waals surface area contributed by atoms with Crippen LogP contribution < -0.4 is 5.32 Å². The minimum atomic E-state index is 0.609. The number of pyridine rings is 1. The summed E-state index contributed by atoms with van der Waals surface area (Å²) in [4.78, 5) is 4.62. The average molecular weight is 254 g/mol. The van der Waals surface area contributed by atoms with Crippen molar-refractivity contribution in [3.63, 3.8) is 0 Å². The summed E-state index contributed by atoms with van der Waals surface area (Å²) in [5, 5.41) is 6.32. The van der Waals surface area contributed by atoms with Gasteiger partial charge in [0.15, 0.2) is 0 Å². The molecule has 1 aliphatic carbocycles. The number of nitrogens with one attached hydrogen (secondary N) is 1. The molecular formula is C17H22N2. The quantitative estimate of drug-likeness (QED) is 0.852. The summed E-state index contributed by atoms with van der Waals surface area (Å²) < 4.78 is 0. The molecule has 3 rings (SSSR count). The fourth-order valence-corrected chi connectivity index (χ4v) is 2.79. The Kier molecular flexibility index (Phi) is 3.79. The van der Waals surface area contributed by atoms with E-state index in [1.165, 1.54) is 35.7 Å². The van der Waals surface area contributed by atoms with Crippen molar-refractivity contribution in [1.29, 1.82) is 0 Å².